The molecule has 0 unspecified atom stereocenters. The van der Waals surface area contributed by atoms with Crippen LogP contribution in [0.1, 0.15) is 18.4 Å². The Morgan fingerprint density at radius 2 is 1.76 bits per heavy atom. The molecule has 2 heterocycles. The monoisotopic (exact) mass is 320 g/mol. The van der Waals surface area contributed by atoms with Crippen LogP contribution in [0, 0.1) is 0 Å². The normalized spacial score (nSPS) is 16.4. The Morgan fingerprint density at radius 3 is 2.38 bits per heavy atom. The fourth-order valence-corrected chi connectivity index (χ4v) is 4.38. The van der Waals surface area contributed by atoms with Crippen LogP contribution >= 0.6 is 11.3 Å². The second kappa shape index (κ2) is 5.99. The SMILES string of the molecule is O=S(=O)(/N=C(/c1ccccc1)N1CCCC1)c1cccs1. The van der Waals surface area contributed by atoms with Crippen molar-refractivity contribution >= 4 is 27.2 Å². The number of amidine groups is 1. The summed E-state index contributed by atoms with van der Waals surface area (Å²) in [4.78, 5) is 2.06. The number of hydrogen-bond acceptors (Lipinski definition) is 3. The van der Waals surface area contributed by atoms with E-state index >= 15 is 0 Å². The molecule has 0 radical (unpaired) electrons. The lowest BCUT2D eigenvalue weighted by Gasteiger charge is -2.19. The van der Waals surface area contributed by atoms with E-state index in [9.17, 15) is 8.42 Å². The molecule has 0 amide bonds. The van der Waals surface area contributed by atoms with Gasteiger partial charge in [0.15, 0.2) is 0 Å². The van der Waals surface area contributed by atoms with Gasteiger partial charge in [-0.15, -0.1) is 15.7 Å². The molecule has 1 fully saturated rings. The van der Waals surface area contributed by atoms with Crippen molar-refractivity contribution in [2.75, 3.05) is 13.1 Å². The summed E-state index contributed by atoms with van der Waals surface area (Å²) in [5, 5.41) is 1.75. The van der Waals surface area contributed by atoms with Crippen LogP contribution < -0.4 is 0 Å². The highest BCUT2D eigenvalue weighted by Gasteiger charge is 2.22. The molecule has 0 bridgehead atoms. The van der Waals surface area contributed by atoms with Crippen molar-refractivity contribution in [1.82, 2.24) is 4.90 Å². The first-order valence-corrected chi connectivity index (χ1v) is 9.18. The van der Waals surface area contributed by atoms with Gasteiger partial charge in [0.2, 0.25) is 0 Å². The van der Waals surface area contributed by atoms with Crippen molar-refractivity contribution in [3.63, 3.8) is 0 Å². The Bertz CT molecular complexity index is 716. The van der Waals surface area contributed by atoms with Crippen LogP contribution in [0.5, 0.6) is 0 Å². The Morgan fingerprint density at radius 1 is 1.05 bits per heavy atom. The number of hydrogen-bond donors (Lipinski definition) is 0. The molecule has 0 N–H and O–H groups in total. The van der Waals surface area contributed by atoms with Crippen LogP contribution in [0.2, 0.25) is 0 Å². The summed E-state index contributed by atoms with van der Waals surface area (Å²) in [6, 6.07) is 12.8. The summed E-state index contributed by atoms with van der Waals surface area (Å²) in [6.07, 6.45) is 2.15. The molecule has 110 valence electrons. The quantitative estimate of drug-likeness (QED) is 0.645. The minimum absolute atomic E-state index is 0.287. The van der Waals surface area contributed by atoms with Crippen LogP contribution in [-0.4, -0.2) is 32.2 Å². The first kappa shape index (κ1) is 14.3. The van der Waals surface area contributed by atoms with Gasteiger partial charge in [0, 0.05) is 18.7 Å². The largest absolute Gasteiger partial charge is 0.355 e. The predicted octanol–water partition coefficient (Wildman–Crippen LogP) is 2.98. The summed E-state index contributed by atoms with van der Waals surface area (Å²) in [5.74, 6) is 0.557. The maximum absolute atomic E-state index is 12.4. The lowest BCUT2D eigenvalue weighted by atomic mass is 10.2. The maximum Gasteiger partial charge on any atom is 0.293 e. The molecular formula is C15H16N2O2S2. The number of nitrogens with zero attached hydrogens (tertiary/aromatic N) is 2. The fraction of sp³-hybridized carbons (Fsp3) is 0.267. The standard InChI is InChI=1S/C15H16N2O2S2/c18-21(19,14-9-6-12-20-14)16-15(17-10-4-5-11-17)13-7-2-1-3-8-13/h1-3,6-9,12H,4-5,10-11H2/b16-15-. The molecule has 3 rings (SSSR count). The van der Waals surface area contributed by atoms with Gasteiger partial charge in [0.05, 0.1) is 0 Å². The number of sulfonamides is 1. The van der Waals surface area contributed by atoms with Crippen LogP contribution in [0.4, 0.5) is 0 Å². The van der Waals surface area contributed by atoms with Crippen molar-refractivity contribution in [3.8, 4) is 0 Å². The first-order valence-electron chi connectivity index (χ1n) is 6.86. The average molecular weight is 320 g/mol. The van der Waals surface area contributed by atoms with E-state index in [1.807, 2.05) is 30.3 Å². The van der Waals surface area contributed by atoms with Gasteiger partial charge in [-0.2, -0.15) is 8.42 Å². The second-order valence-corrected chi connectivity index (χ2v) is 7.66. The van der Waals surface area contributed by atoms with Gasteiger partial charge in [-0.1, -0.05) is 36.4 Å². The Labute approximate surface area is 128 Å². The topological polar surface area (TPSA) is 49.7 Å². The third kappa shape index (κ3) is 3.16. The third-order valence-corrected chi connectivity index (χ3v) is 6.03. The van der Waals surface area contributed by atoms with Gasteiger partial charge in [0.25, 0.3) is 10.0 Å². The smallest absolute Gasteiger partial charge is 0.293 e. The molecule has 1 saturated heterocycles. The van der Waals surface area contributed by atoms with E-state index in [2.05, 4.69) is 9.30 Å². The van der Waals surface area contributed by atoms with Gasteiger partial charge < -0.3 is 4.90 Å². The van der Waals surface area contributed by atoms with Gasteiger partial charge in [-0.3, -0.25) is 0 Å². The van der Waals surface area contributed by atoms with E-state index in [1.165, 1.54) is 11.3 Å². The zero-order valence-corrected chi connectivity index (χ0v) is 13.1. The summed E-state index contributed by atoms with van der Waals surface area (Å²) >= 11 is 1.20. The number of thiophene rings is 1. The van der Waals surface area contributed by atoms with Crippen LogP contribution in [0.25, 0.3) is 0 Å². The highest BCUT2D eigenvalue weighted by molar-refractivity contribution is 7.92. The Hall–Kier alpha value is -1.66. The van der Waals surface area contributed by atoms with E-state index in [0.29, 0.717) is 5.84 Å². The molecule has 21 heavy (non-hydrogen) atoms. The van der Waals surface area contributed by atoms with Crippen molar-refractivity contribution in [1.29, 1.82) is 0 Å². The van der Waals surface area contributed by atoms with Gasteiger partial charge >= 0.3 is 0 Å². The van der Waals surface area contributed by atoms with E-state index in [4.69, 9.17) is 0 Å². The van der Waals surface area contributed by atoms with Crippen molar-refractivity contribution in [3.05, 3.63) is 53.4 Å². The third-order valence-electron chi connectivity index (χ3n) is 3.39. The van der Waals surface area contributed by atoms with Crippen molar-refractivity contribution in [2.45, 2.75) is 17.1 Å². The highest BCUT2D eigenvalue weighted by atomic mass is 32.2. The lowest BCUT2D eigenvalue weighted by Crippen LogP contribution is -2.29. The maximum atomic E-state index is 12.4. The van der Waals surface area contributed by atoms with E-state index in [0.717, 1.165) is 31.5 Å². The highest BCUT2D eigenvalue weighted by Crippen LogP contribution is 2.21. The van der Waals surface area contributed by atoms with Gasteiger partial charge in [-0.25, -0.2) is 0 Å². The molecule has 0 saturated carbocycles. The molecular weight excluding hydrogens is 304 g/mol. The molecule has 1 aromatic heterocycles. The summed E-state index contributed by atoms with van der Waals surface area (Å²) in [5.41, 5.74) is 0.847. The number of likely N-dealkylation sites (tertiary alicyclic amines) is 1. The summed E-state index contributed by atoms with van der Waals surface area (Å²) < 4.78 is 29.3. The molecule has 0 atom stereocenters. The minimum Gasteiger partial charge on any atom is -0.355 e. The lowest BCUT2D eigenvalue weighted by molar-refractivity contribution is 0.520. The Kier molecular flexibility index (Phi) is 4.07. The number of rotatable bonds is 3. The first-order chi connectivity index (χ1) is 10.2. The number of benzene rings is 1. The van der Waals surface area contributed by atoms with E-state index < -0.39 is 10.0 Å². The molecule has 1 aliphatic heterocycles. The molecule has 2 aromatic rings. The Balaban J connectivity index is 2.05. The zero-order chi connectivity index (χ0) is 14.7. The van der Waals surface area contributed by atoms with E-state index in [-0.39, 0.29) is 4.21 Å². The molecule has 1 aliphatic rings. The molecule has 0 aliphatic carbocycles. The summed E-state index contributed by atoms with van der Waals surface area (Å²) in [7, 11) is -3.64. The molecule has 4 nitrogen and oxygen atoms in total. The summed E-state index contributed by atoms with van der Waals surface area (Å²) in [6.45, 7) is 1.71. The van der Waals surface area contributed by atoms with Crippen molar-refractivity contribution in [2.24, 2.45) is 4.40 Å². The van der Waals surface area contributed by atoms with E-state index in [1.54, 1.807) is 17.5 Å². The second-order valence-electron chi connectivity index (χ2n) is 4.88. The average Bonchev–Trinajstić information content (AvgIpc) is 3.19. The van der Waals surface area contributed by atoms with Gasteiger partial charge in [-0.05, 0) is 24.3 Å². The molecule has 0 spiro atoms. The molecule has 6 heteroatoms. The molecule has 1 aromatic carbocycles. The fourth-order valence-electron chi connectivity index (χ4n) is 2.38. The minimum atomic E-state index is -3.64. The van der Waals surface area contributed by atoms with Crippen LogP contribution in [0.15, 0.2) is 56.5 Å². The van der Waals surface area contributed by atoms with Crippen LogP contribution in [-0.2, 0) is 10.0 Å². The van der Waals surface area contributed by atoms with Crippen LogP contribution in [0.3, 0.4) is 0 Å². The predicted molar refractivity (Wildman–Crippen MR) is 85.3 cm³/mol. The van der Waals surface area contributed by atoms with Gasteiger partial charge in [0.1, 0.15) is 10.0 Å². The van der Waals surface area contributed by atoms with Crippen molar-refractivity contribution < 1.29 is 8.42 Å². The zero-order valence-electron chi connectivity index (χ0n) is 11.5.